The van der Waals surface area contributed by atoms with Crippen molar-refractivity contribution in [3.8, 4) is 0 Å². The molecule has 0 bridgehead atoms. The Morgan fingerprint density at radius 3 is 2.94 bits per heavy atom. The number of ether oxygens (including phenoxy) is 1. The normalized spacial score (nSPS) is 12.8. The molecule has 0 aliphatic rings. The third-order valence-corrected chi connectivity index (χ3v) is 2.62. The maximum Gasteiger partial charge on any atom is 0.222 e. The minimum Gasteiger partial charge on any atom is -0.383 e. The summed E-state index contributed by atoms with van der Waals surface area (Å²) < 4.78 is 5.14. The summed E-state index contributed by atoms with van der Waals surface area (Å²) in [5.41, 5.74) is 1.02. The molecule has 0 saturated carbocycles. The standard InChI is InChI=1S/C12H22N4O/c1-5-13-12-14-7-6-11(15-12)8-16(3)10(2)9-17-4/h6-7,10H,5,8-9H2,1-4H3,(H,13,14,15). The fraction of sp³-hybridized carbons (Fsp3) is 0.667. The van der Waals surface area contributed by atoms with Gasteiger partial charge in [-0.2, -0.15) is 0 Å². The van der Waals surface area contributed by atoms with Crippen molar-refractivity contribution in [2.75, 3.05) is 32.6 Å². The van der Waals surface area contributed by atoms with Crippen LogP contribution in [0.4, 0.5) is 5.95 Å². The maximum atomic E-state index is 5.14. The number of rotatable bonds is 7. The zero-order valence-corrected chi connectivity index (χ0v) is 11.1. The van der Waals surface area contributed by atoms with Crippen LogP contribution in [0.2, 0.25) is 0 Å². The molecular weight excluding hydrogens is 216 g/mol. The minimum atomic E-state index is 0.373. The molecule has 5 nitrogen and oxygen atoms in total. The molecule has 0 aliphatic heterocycles. The molecule has 1 heterocycles. The molecule has 1 N–H and O–H groups in total. The fourth-order valence-corrected chi connectivity index (χ4v) is 1.51. The summed E-state index contributed by atoms with van der Waals surface area (Å²) >= 11 is 0. The Hall–Kier alpha value is -1.20. The molecule has 0 fully saturated rings. The van der Waals surface area contributed by atoms with Gasteiger partial charge in [0.25, 0.3) is 0 Å². The van der Waals surface area contributed by atoms with Crippen molar-refractivity contribution in [3.63, 3.8) is 0 Å². The van der Waals surface area contributed by atoms with Crippen LogP contribution in [-0.2, 0) is 11.3 Å². The Morgan fingerprint density at radius 2 is 2.29 bits per heavy atom. The summed E-state index contributed by atoms with van der Waals surface area (Å²) in [7, 11) is 3.79. The molecule has 0 spiro atoms. The first-order chi connectivity index (χ1) is 8.17. The smallest absolute Gasteiger partial charge is 0.222 e. The predicted octanol–water partition coefficient (Wildman–Crippen LogP) is 1.38. The second-order valence-electron chi connectivity index (χ2n) is 4.12. The van der Waals surface area contributed by atoms with Crippen molar-refractivity contribution in [2.45, 2.75) is 26.4 Å². The molecule has 1 aromatic heterocycles. The van der Waals surface area contributed by atoms with Crippen LogP contribution in [-0.4, -0.2) is 48.2 Å². The predicted molar refractivity (Wildman–Crippen MR) is 69.0 cm³/mol. The lowest BCUT2D eigenvalue weighted by Crippen LogP contribution is -2.32. The van der Waals surface area contributed by atoms with Crippen LogP contribution in [0.5, 0.6) is 0 Å². The molecular formula is C12H22N4O. The van der Waals surface area contributed by atoms with Crippen LogP contribution in [0.3, 0.4) is 0 Å². The SMILES string of the molecule is CCNc1nccc(CN(C)C(C)COC)n1. The summed E-state index contributed by atoms with van der Waals surface area (Å²) in [6, 6.07) is 2.31. The van der Waals surface area contributed by atoms with E-state index < -0.39 is 0 Å². The summed E-state index contributed by atoms with van der Waals surface area (Å²) in [6.07, 6.45) is 1.79. The Kier molecular flexibility index (Phi) is 5.86. The van der Waals surface area contributed by atoms with Gasteiger partial charge >= 0.3 is 0 Å². The first kappa shape index (κ1) is 13.9. The molecule has 1 atom stereocenters. The summed E-state index contributed by atoms with van der Waals surface area (Å²) in [5, 5.41) is 3.11. The third kappa shape index (κ3) is 4.66. The van der Waals surface area contributed by atoms with Gasteiger partial charge in [-0.25, -0.2) is 9.97 Å². The van der Waals surface area contributed by atoms with Crippen molar-refractivity contribution in [1.29, 1.82) is 0 Å². The lowest BCUT2D eigenvalue weighted by Gasteiger charge is -2.23. The number of hydrogen-bond donors (Lipinski definition) is 1. The molecule has 96 valence electrons. The van der Waals surface area contributed by atoms with Gasteiger partial charge in [0, 0.05) is 32.4 Å². The molecule has 1 rings (SSSR count). The van der Waals surface area contributed by atoms with Crippen LogP contribution < -0.4 is 5.32 Å². The average Bonchev–Trinajstić information content (AvgIpc) is 2.30. The molecule has 0 radical (unpaired) electrons. The van der Waals surface area contributed by atoms with Crippen LogP contribution in [0.15, 0.2) is 12.3 Å². The van der Waals surface area contributed by atoms with Crippen LogP contribution in [0.25, 0.3) is 0 Å². The van der Waals surface area contributed by atoms with E-state index in [1.807, 2.05) is 13.0 Å². The average molecular weight is 238 g/mol. The number of aromatic nitrogens is 2. The molecule has 0 amide bonds. The van der Waals surface area contributed by atoms with E-state index in [0.717, 1.165) is 25.4 Å². The van der Waals surface area contributed by atoms with Crippen LogP contribution in [0, 0.1) is 0 Å². The molecule has 17 heavy (non-hydrogen) atoms. The Labute approximate surface area is 103 Å². The van der Waals surface area contributed by atoms with Crippen molar-refractivity contribution < 1.29 is 4.74 Å². The van der Waals surface area contributed by atoms with E-state index >= 15 is 0 Å². The van der Waals surface area contributed by atoms with Gasteiger partial charge in [-0.1, -0.05) is 0 Å². The van der Waals surface area contributed by atoms with E-state index in [2.05, 4.69) is 34.2 Å². The summed E-state index contributed by atoms with van der Waals surface area (Å²) in [6.45, 7) is 6.52. The van der Waals surface area contributed by atoms with E-state index in [-0.39, 0.29) is 0 Å². The first-order valence-electron chi connectivity index (χ1n) is 5.92. The highest BCUT2D eigenvalue weighted by Crippen LogP contribution is 2.06. The molecule has 1 aromatic rings. The van der Waals surface area contributed by atoms with E-state index in [0.29, 0.717) is 12.0 Å². The second-order valence-corrected chi connectivity index (χ2v) is 4.12. The van der Waals surface area contributed by atoms with E-state index in [1.54, 1.807) is 13.3 Å². The highest BCUT2D eigenvalue weighted by Gasteiger charge is 2.10. The molecule has 1 unspecified atom stereocenters. The van der Waals surface area contributed by atoms with Crippen molar-refractivity contribution in [2.24, 2.45) is 0 Å². The van der Waals surface area contributed by atoms with Gasteiger partial charge in [0.1, 0.15) is 0 Å². The second kappa shape index (κ2) is 7.19. The number of hydrogen-bond acceptors (Lipinski definition) is 5. The van der Waals surface area contributed by atoms with Crippen molar-refractivity contribution in [1.82, 2.24) is 14.9 Å². The number of anilines is 1. The van der Waals surface area contributed by atoms with Gasteiger partial charge in [0.2, 0.25) is 5.95 Å². The Bertz CT molecular complexity index is 332. The molecule has 0 aliphatic carbocycles. The zero-order chi connectivity index (χ0) is 12.7. The minimum absolute atomic E-state index is 0.373. The zero-order valence-electron chi connectivity index (χ0n) is 11.1. The van der Waals surface area contributed by atoms with E-state index in [9.17, 15) is 0 Å². The van der Waals surface area contributed by atoms with Crippen molar-refractivity contribution in [3.05, 3.63) is 18.0 Å². The lowest BCUT2D eigenvalue weighted by atomic mass is 10.3. The van der Waals surface area contributed by atoms with Gasteiger partial charge in [0.15, 0.2) is 0 Å². The van der Waals surface area contributed by atoms with Crippen LogP contribution in [0.1, 0.15) is 19.5 Å². The Morgan fingerprint density at radius 1 is 1.53 bits per heavy atom. The van der Waals surface area contributed by atoms with Gasteiger partial charge < -0.3 is 10.1 Å². The number of likely N-dealkylation sites (N-methyl/N-ethyl adjacent to an activating group) is 1. The van der Waals surface area contributed by atoms with E-state index in [1.165, 1.54) is 0 Å². The highest BCUT2D eigenvalue weighted by atomic mass is 16.5. The van der Waals surface area contributed by atoms with Crippen LogP contribution >= 0.6 is 0 Å². The maximum absolute atomic E-state index is 5.14. The lowest BCUT2D eigenvalue weighted by molar-refractivity contribution is 0.111. The first-order valence-corrected chi connectivity index (χ1v) is 5.92. The number of nitrogens with zero attached hydrogens (tertiary/aromatic N) is 3. The molecule has 0 aromatic carbocycles. The number of methoxy groups -OCH3 is 1. The highest BCUT2D eigenvalue weighted by molar-refractivity contribution is 5.24. The van der Waals surface area contributed by atoms with E-state index in [4.69, 9.17) is 4.74 Å². The topological polar surface area (TPSA) is 50.3 Å². The third-order valence-electron chi connectivity index (χ3n) is 2.62. The van der Waals surface area contributed by atoms with Gasteiger partial charge in [-0.05, 0) is 27.0 Å². The largest absolute Gasteiger partial charge is 0.383 e. The van der Waals surface area contributed by atoms with Gasteiger partial charge in [0.05, 0.1) is 12.3 Å². The Balaban J connectivity index is 2.58. The van der Waals surface area contributed by atoms with Gasteiger partial charge in [-0.3, -0.25) is 4.90 Å². The van der Waals surface area contributed by atoms with Crippen molar-refractivity contribution >= 4 is 5.95 Å². The fourth-order valence-electron chi connectivity index (χ4n) is 1.51. The quantitative estimate of drug-likeness (QED) is 0.777. The summed E-state index contributed by atoms with van der Waals surface area (Å²) in [5.74, 6) is 0.692. The number of nitrogens with one attached hydrogen (secondary N) is 1. The monoisotopic (exact) mass is 238 g/mol. The molecule has 0 saturated heterocycles. The molecule has 5 heteroatoms. The van der Waals surface area contributed by atoms with Gasteiger partial charge in [-0.15, -0.1) is 0 Å². The summed E-state index contributed by atoms with van der Waals surface area (Å²) in [4.78, 5) is 10.8.